The number of aromatic nitrogens is 2. The lowest BCUT2D eigenvalue weighted by molar-refractivity contribution is 0.0857. The number of likely N-dealkylation sites (tertiary alicyclic amines) is 1. The summed E-state index contributed by atoms with van der Waals surface area (Å²) in [5, 5.41) is 7.45. The molecule has 7 nitrogen and oxygen atoms in total. The number of carbonyl (C=O) groups excluding carboxylic acids is 1. The molecule has 31 heavy (non-hydrogen) atoms. The predicted molar refractivity (Wildman–Crippen MR) is 117 cm³/mol. The van der Waals surface area contributed by atoms with Crippen LogP contribution in [0.3, 0.4) is 0 Å². The Morgan fingerprint density at radius 2 is 1.97 bits per heavy atom. The van der Waals surface area contributed by atoms with E-state index >= 15 is 0 Å². The molecule has 1 unspecified atom stereocenters. The Balaban J connectivity index is 1.16. The molecule has 5 rings (SSSR count). The molecule has 0 radical (unpaired) electrons. The van der Waals surface area contributed by atoms with Gasteiger partial charge in [-0.25, -0.2) is 9.78 Å². The third-order valence-electron chi connectivity index (χ3n) is 5.60. The summed E-state index contributed by atoms with van der Waals surface area (Å²) < 4.78 is 5.39. The van der Waals surface area contributed by atoms with Crippen molar-refractivity contribution in [2.45, 2.75) is 31.3 Å². The summed E-state index contributed by atoms with van der Waals surface area (Å²) >= 11 is 1.66. The molecule has 3 aromatic rings. The van der Waals surface area contributed by atoms with Crippen LogP contribution in [0.2, 0.25) is 0 Å². The first kappa shape index (κ1) is 19.7. The van der Waals surface area contributed by atoms with Gasteiger partial charge in [0.15, 0.2) is 11.9 Å². The monoisotopic (exact) mass is 434 g/mol. The zero-order valence-electron chi connectivity index (χ0n) is 16.9. The highest BCUT2D eigenvalue weighted by Crippen LogP contribution is 2.33. The van der Waals surface area contributed by atoms with Gasteiger partial charge in [-0.15, -0.1) is 11.3 Å². The normalized spacial score (nSPS) is 19.0. The van der Waals surface area contributed by atoms with E-state index in [9.17, 15) is 4.79 Å². The average molecular weight is 435 g/mol. The van der Waals surface area contributed by atoms with E-state index in [1.165, 1.54) is 0 Å². The van der Waals surface area contributed by atoms with Crippen LogP contribution in [-0.4, -0.2) is 39.8 Å². The van der Waals surface area contributed by atoms with Crippen molar-refractivity contribution >= 4 is 23.1 Å². The standard InChI is InChI=1S/C23H22N4O3S/c28-23(29-18-7-4-10-24-14-18)27-11-8-17(9-12-27)22-25-20(15-31-22)19-13-21(30-26-19)16-5-2-1-3-6-16/h1-7,10,14-15,17,21H,8-9,11-13H2. The summed E-state index contributed by atoms with van der Waals surface area (Å²) in [4.78, 5) is 28.6. The number of oxime groups is 1. The lowest BCUT2D eigenvalue weighted by atomic mass is 9.98. The highest BCUT2D eigenvalue weighted by Gasteiger charge is 2.29. The molecular weight excluding hydrogens is 412 g/mol. The van der Waals surface area contributed by atoms with Crippen molar-refractivity contribution in [1.82, 2.24) is 14.9 Å². The second-order valence-corrected chi connectivity index (χ2v) is 8.53. The van der Waals surface area contributed by atoms with Gasteiger partial charge in [0, 0.05) is 37.0 Å². The van der Waals surface area contributed by atoms with Crippen molar-refractivity contribution in [3.63, 3.8) is 0 Å². The van der Waals surface area contributed by atoms with Crippen LogP contribution in [0.25, 0.3) is 0 Å². The number of thiazole rings is 1. The van der Waals surface area contributed by atoms with Gasteiger partial charge in [-0.1, -0.05) is 35.5 Å². The van der Waals surface area contributed by atoms with Crippen molar-refractivity contribution in [3.05, 3.63) is 76.5 Å². The average Bonchev–Trinajstić information content (AvgIpc) is 3.51. The molecule has 0 N–H and O–H groups in total. The number of carbonyl (C=O) groups is 1. The summed E-state index contributed by atoms with van der Waals surface area (Å²) in [5.74, 6) is 0.807. The third kappa shape index (κ3) is 4.44. The maximum Gasteiger partial charge on any atom is 0.415 e. The van der Waals surface area contributed by atoms with E-state index in [4.69, 9.17) is 14.6 Å². The van der Waals surface area contributed by atoms with Crippen molar-refractivity contribution in [1.29, 1.82) is 0 Å². The van der Waals surface area contributed by atoms with Gasteiger partial charge in [-0.3, -0.25) is 4.98 Å². The molecule has 1 fully saturated rings. The smallest absolute Gasteiger partial charge is 0.409 e. The van der Waals surface area contributed by atoms with Gasteiger partial charge in [-0.2, -0.15) is 0 Å². The Hall–Kier alpha value is -3.26. The molecule has 2 aliphatic heterocycles. The van der Waals surface area contributed by atoms with Crippen LogP contribution in [-0.2, 0) is 4.84 Å². The van der Waals surface area contributed by atoms with Crippen LogP contribution >= 0.6 is 11.3 Å². The molecule has 1 saturated heterocycles. The molecule has 0 aliphatic carbocycles. The predicted octanol–water partition coefficient (Wildman–Crippen LogP) is 4.78. The van der Waals surface area contributed by atoms with Crippen molar-refractivity contribution in [2.24, 2.45) is 5.16 Å². The van der Waals surface area contributed by atoms with Gasteiger partial charge in [0.2, 0.25) is 0 Å². The summed E-state index contributed by atoms with van der Waals surface area (Å²) in [6.45, 7) is 1.30. The SMILES string of the molecule is O=C(Oc1cccnc1)N1CCC(c2nc(C3=NOC(c4ccccc4)C3)cs2)CC1. The van der Waals surface area contributed by atoms with E-state index in [1.54, 1.807) is 40.8 Å². The summed E-state index contributed by atoms with van der Waals surface area (Å²) in [5.41, 5.74) is 2.92. The second kappa shape index (κ2) is 8.85. The molecule has 1 aromatic carbocycles. The first-order valence-electron chi connectivity index (χ1n) is 10.4. The van der Waals surface area contributed by atoms with Gasteiger partial charge in [-0.05, 0) is 30.5 Å². The molecule has 2 aliphatic rings. The topological polar surface area (TPSA) is 76.9 Å². The second-order valence-electron chi connectivity index (χ2n) is 7.64. The summed E-state index contributed by atoms with van der Waals surface area (Å²) in [7, 11) is 0. The third-order valence-corrected chi connectivity index (χ3v) is 6.61. The zero-order valence-corrected chi connectivity index (χ0v) is 17.7. The molecule has 158 valence electrons. The van der Waals surface area contributed by atoms with Gasteiger partial charge in [0.25, 0.3) is 0 Å². The van der Waals surface area contributed by atoms with Gasteiger partial charge < -0.3 is 14.5 Å². The van der Waals surface area contributed by atoms with Crippen LogP contribution in [0.15, 0.2) is 65.4 Å². The molecule has 0 spiro atoms. The fourth-order valence-corrected chi connectivity index (χ4v) is 4.86. The first-order chi connectivity index (χ1) is 15.3. The highest BCUT2D eigenvalue weighted by atomic mass is 32.1. The van der Waals surface area contributed by atoms with Crippen molar-refractivity contribution in [2.75, 3.05) is 13.1 Å². The van der Waals surface area contributed by atoms with Crippen LogP contribution in [0.1, 0.15) is 47.5 Å². The lowest BCUT2D eigenvalue weighted by Crippen LogP contribution is -2.39. The fraction of sp³-hybridized carbons (Fsp3) is 0.304. The zero-order chi connectivity index (χ0) is 21.0. The van der Waals surface area contributed by atoms with Crippen LogP contribution in [0, 0.1) is 0 Å². The van der Waals surface area contributed by atoms with E-state index < -0.39 is 0 Å². The molecular formula is C23H22N4O3S. The number of hydrogen-bond acceptors (Lipinski definition) is 7. The molecule has 1 atom stereocenters. The van der Waals surface area contributed by atoms with Gasteiger partial charge in [0.1, 0.15) is 5.71 Å². The minimum atomic E-state index is -0.323. The molecule has 2 aromatic heterocycles. The lowest BCUT2D eigenvalue weighted by Gasteiger charge is -2.30. The van der Waals surface area contributed by atoms with E-state index in [-0.39, 0.29) is 12.2 Å². The van der Waals surface area contributed by atoms with E-state index in [0.717, 1.165) is 41.2 Å². The van der Waals surface area contributed by atoms with Crippen molar-refractivity contribution in [3.8, 4) is 5.75 Å². The minimum absolute atomic E-state index is 0.0459. The van der Waals surface area contributed by atoms with Gasteiger partial charge in [0.05, 0.1) is 16.9 Å². The van der Waals surface area contributed by atoms with Crippen LogP contribution in [0.5, 0.6) is 5.75 Å². The van der Waals surface area contributed by atoms with Crippen LogP contribution < -0.4 is 4.74 Å². The maximum atomic E-state index is 12.4. The number of pyridine rings is 1. The van der Waals surface area contributed by atoms with Gasteiger partial charge >= 0.3 is 6.09 Å². The Morgan fingerprint density at radius 3 is 2.74 bits per heavy atom. The van der Waals surface area contributed by atoms with E-state index in [0.29, 0.717) is 24.8 Å². The minimum Gasteiger partial charge on any atom is -0.409 e. The molecule has 4 heterocycles. The number of ether oxygens (including phenoxy) is 1. The summed E-state index contributed by atoms with van der Waals surface area (Å²) in [6, 6.07) is 13.6. The number of rotatable bonds is 4. The van der Waals surface area contributed by atoms with E-state index in [2.05, 4.69) is 27.7 Å². The largest absolute Gasteiger partial charge is 0.415 e. The van der Waals surface area contributed by atoms with E-state index in [1.807, 2.05) is 18.2 Å². The molecule has 0 saturated carbocycles. The Kier molecular flexibility index (Phi) is 5.62. The molecule has 8 heteroatoms. The van der Waals surface area contributed by atoms with Crippen LogP contribution in [0.4, 0.5) is 4.79 Å². The van der Waals surface area contributed by atoms with Crippen molar-refractivity contribution < 1.29 is 14.4 Å². The Morgan fingerprint density at radius 1 is 1.13 bits per heavy atom. The first-order valence-corrected chi connectivity index (χ1v) is 11.2. The maximum absolute atomic E-state index is 12.4. The number of hydrogen-bond donors (Lipinski definition) is 0. The number of benzene rings is 1. The fourth-order valence-electron chi connectivity index (χ4n) is 3.86. The number of amides is 1. The quantitative estimate of drug-likeness (QED) is 0.590. The Bertz CT molecular complexity index is 1060. The Labute approximate surface area is 184 Å². The number of piperidine rings is 1. The molecule has 1 amide bonds. The number of nitrogens with zero attached hydrogens (tertiary/aromatic N) is 4. The highest BCUT2D eigenvalue weighted by molar-refractivity contribution is 7.10. The summed E-state index contributed by atoms with van der Waals surface area (Å²) in [6.07, 6.45) is 5.28. The molecule has 0 bridgehead atoms.